The lowest BCUT2D eigenvalue weighted by Gasteiger charge is -2.20. The number of hydrogen-bond donors (Lipinski definition) is 1. The zero-order valence-corrected chi connectivity index (χ0v) is 23.3. The van der Waals surface area contributed by atoms with E-state index in [-0.39, 0.29) is 51.4 Å². The van der Waals surface area contributed by atoms with Crippen LogP contribution in [0.15, 0.2) is 43.0 Å². The molecule has 5 aromatic rings. The van der Waals surface area contributed by atoms with E-state index in [0.29, 0.717) is 29.9 Å². The lowest BCUT2D eigenvalue weighted by Crippen LogP contribution is -2.24. The van der Waals surface area contributed by atoms with E-state index in [1.807, 2.05) is 4.90 Å². The Labute approximate surface area is 241 Å². The normalized spacial score (nSPS) is 16.2. The van der Waals surface area contributed by atoms with Crippen LogP contribution in [0.4, 0.5) is 24.8 Å². The van der Waals surface area contributed by atoms with Crippen LogP contribution in [0.2, 0.25) is 10.2 Å². The lowest BCUT2D eigenvalue weighted by molar-refractivity contribution is -0.138. The second-order valence-electron chi connectivity index (χ2n) is 9.60. The van der Waals surface area contributed by atoms with Crippen LogP contribution in [-0.2, 0) is 24.5 Å². The van der Waals surface area contributed by atoms with E-state index < -0.39 is 11.7 Å². The van der Waals surface area contributed by atoms with E-state index in [9.17, 15) is 13.2 Å². The van der Waals surface area contributed by atoms with Crippen LogP contribution in [0.3, 0.4) is 0 Å². The maximum absolute atomic E-state index is 14.1. The van der Waals surface area contributed by atoms with Crippen molar-refractivity contribution in [3.63, 3.8) is 0 Å². The van der Waals surface area contributed by atoms with Crippen molar-refractivity contribution in [2.24, 2.45) is 7.05 Å². The number of benzene rings is 1. The number of fused-ring (bicyclic) bond motifs is 2. The largest absolute Gasteiger partial charge is 0.450 e. The number of alkyl halides is 3. The van der Waals surface area contributed by atoms with Crippen LogP contribution in [0.5, 0.6) is 11.5 Å². The second kappa shape index (κ2) is 10.6. The summed E-state index contributed by atoms with van der Waals surface area (Å²) in [6.07, 6.45) is 2.29. The van der Waals surface area contributed by atoms with E-state index >= 15 is 0 Å². The van der Waals surface area contributed by atoms with E-state index in [4.69, 9.17) is 32.7 Å². The number of methoxy groups -OCH3 is 1. The molecule has 0 unspecified atom stereocenters. The minimum absolute atomic E-state index is 0.0311. The zero-order chi connectivity index (χ0) is 28.9. The number of nitrogens with one attached hydrogen (secondary N) is 1. The number of imidazole rings is 1. The molecule has 6 rings (SSSR count). The van der Waals surface area contributed by atoms with Gasteiger partial charge in [0.1, 0.15) is 16.1 Å². The van der Waals surface area contributed by atoms with Crippen molar-refractivity contribution in [3.8, 4) is 11.5 Å². The Morgan fingerprint density at radius 3 is 2.71 bits per heavy atom. The highest BCUT2D eigenvalue weighted by Gasteiger charge is 2.35. The van der Waals surface area contributed by atoms with Gasteiger partial charge in [0.2, 0.25) is 5.95 Å². The minimum Gasteiger partial charge on any atom is -0.450 e. The number of aryl methyl sites for hydroxylation is 1. The van der Waals surface area contributed by atoms with Crippen molar-refractivity contribution in [2.75, 3.05) is 25.5 Å². The molecule has 0 bridgehead atoms. The van der Waals surface area contributed by atoms with Gasteiger partial charge in [-0.15, -0.1) is 0 Å². The van der Waals surface area contributed by atoms with Crippen molar-refractivity contribution in [1.82, 2.24) is 34.0 Å². The van der Waals surface area contributed by atoms with Gasteiger partial charge in [-0.3, -0.25) is 4.90 Å². The summed E-state index contributed by atoms with van der Waals surface area (Å²) >= 11 is 12.9. The van der Waals surface area contributed by atoms with Crippen LogP contribution in [-0.4, -0.2) is 60.3 Å². The SMILES string of the molecule is CO[C@H]1CCN(Cc2ccc(Nc3nc4ncc(Oc5cnn6ccnc(Cl)c56)c(Cl)c4n3C)cc2C(F)(F)F)C1. The van der Waals surface area contributed by atoms with Crippen molar-refractivity contribution < 1.29 is 22.6 Å². The monoisotopic (exact) mass is 606 g/mol. The van der Waals surface area contributed by atoms with Crippen molar-refractivity contribution >= 4 is 51.5 Å². The average molecular weight is 607 g/mol. The van der Waals surface area contributed by atoms with Gasteiger partial charge in [-0.05, 0) is 24.1 Å². The molecule has 4 aromatic heterocycles. The zero-order valence-electron chi connectivity index (χ0n) is 21.8. The van der Waals surface area contributed by atoms with Crippen molar-refractivity contribution in [3.05, 3.63) is 64.3 Å². The first kappa shape index (κ1) is 27.5. The number of nitrogens with zero attached hydrogens (tertiary/aromatic N) is 7. The van der Waals surface area contributed by atoms with Gasteiger partial charge in [0.05, 0.1) is 24.1 Å². The fourth-order valence-electron chi connectivity index (χ4n) is 4.93. The first-order chi connectivity index (χ1) is 19.6. The molecule has 1 aromatic carbocycles. The number of hydrogen-bond acceptors (Lipinski definition) is 8. The van der Waals surface area contributed by atoms with Crippen LogP contribution in [0.1, 0.15) is 17.5 Å². The smallest absolute Gasteiger partial charge is 0.416 e. The van der Waals surface area contributed by atoms with E-state index in [1.54, 1.807) is 31.0 Å². The molecule has 1 saturated heterocycles. The molecule has 1 atom stereocenters. The molecule has 15 heteroatoms. The molecule has 214 valence electrons. The Kier molecular flexibility index (Phi) is 7.14. The third kappa shape index (κ3) is 5.25. The molecule has 1 fully saturated rings. The Morgan fingerprint density at radius 1 is 1.12 bits per heavy atom. The number of ether oxygens (including phenoxy) is 2. The maximum Gasteiger partial charge on any atom is 0.416 e. The summed E-state index contributed by atoms with van der Waals surface area (Å²) in [4.78, 5) is 14.8. The summed E-state index contributed by atoms with van der Waals surface area (Å²) in [5.74, 6) is 0.779. The summed E-state index contributed by atoms with van der Waals surface area (Å²) in [7, 11) is 3.28. The van der Waals surface area contributed by atoms with Gasteiger partial charge in [-0.2, -0.15) is 23.3 Å². The number of anilines is 2. The molecule has 1 aliphatic rings. The number of pyridine rings is 1. The van der Waals surface area contributed by atoms with Gasteiger partial charge in [-0.1, -0.05) is 29.3 Å². The molecule has 0 radical (unpaired) electrons. The molecule has 0 saturated carbocycles. The van der Waals surface area contributed by atoms with Gasteiger partial charge >= 0.3 is 6.18 Å². The maximum atomic E-state index is 14.1. The Balaban J connectivity index is 1.28. The molecule has 0 aliphatic carbocycles. The van der Waals surface area contributed by atoms with Gasteiger partial charge in [0, 0.05) is 51.9 Å². The summed E-state index contributed by atoms with van der Waals surface area (Å²) in [5.41, 5.74) is 0.847. The quantitative estimate of drug-likeness (QED) is 0.238. The highest BCUT2D eigenvalue weighted by atomic mass is 35.5. The predicted octanol–water partition coefficient (Wildman–Crippen LogP) is 6.09. The molecule has 10 nitrogen and oxygen atoms in total. The second-order valence-corrected chi connectivity index (χ2v) is 10.3. The first-order valence-corrected chi connectivity index (χ1v) is 13.3. The Morgan fingerprint density at radius 2 is 1.95 bits per heavy atom. The third-order valence-corrected chi connectivity index (χ3v) is 7.65. The van der Waals surface area contributed by atoms with Crippen molar-refractivity contribution in [2.45, 2.75) is 25.2 Å². The molecule has 41 heavy (non-hydrogen) atoms. The summed E-state index contributed by atoms with van der Waals surface area (Å²) < 4.78 is 56.6. The molecule has 1 N–H and O–H groups in total. The molecular formula is C26H23Cl2F3N8O2. The fourth-order valence-corrected chi connectivity index (χ4v) is 5.46. The third-order valence-electron chi connectivity index (χ3n) is 7.01. The first-order valence-electron chi connectivity index (χ1n) is 12.5. The van der Waals surface area contributed by atoms with E-state index in [0.717, 1.165) is 12.5 Å². The van der Waals surface area contributed by atoms with Crippen LogP contribution in [0, 0.1) is 0 Å². The molecule has 5 heterocycles. The Hall–Kier alpha value is -3.65. The average Bonchev–Trinajstić information content (AvgIpc) is 3.64. The van der Waals surface area contributed by atoms with Gasteiger partial charge in [0.15, 0.2) is 22.3 Å². The topological polar surface area (TPSA) is 94.6 Å². The van der Waals surface area contributed by atoms with E-state index in [1.165, 1.54) is 29.2 Å². The minimum atomic E-state index is -4.53. The van der Waals surface area contributed by atoms with Crippen LogP contribution >= 0.6 is 23.2 Å². The van der Waals surface area contributed by atoms with Crippen molar-refractivity contribution in [1.29, 1.82) is 0 Å². The molecule has 1 aliphatic heterocycles. The molecular weight excluding hydrogens is 584 g/mol. The fraction of sp³-hybridized carbons (Fsp3) is 0.308. The number of halogens is 5. The number of aromatic nitrogens is 6. The van der Waals surface area contributed by atoms with Crippen LogP contribution < -0.4 is 10.1 Å². The van der Waals surface area contributed by atoms with E-state index in [2.05, 4.69) is 25.4 Å². The Bertz CT molecular complexity index is 1760. The highest BCUT2D eigenvalue weighted by molar-refractivity contribution is 6.36. The lowest BCUT2D eigenvalue weighted by atomic mass is 10.1. The van der Waals surface area contributed by atoms with Gasteiger partial charge in [0.25, 0.3) is 0 Å². The number of rotatable bonds is 7. The number of likely N-dealkylation sites (tertiary alicyclic amines) is 1. The summed E-state index contributed by atoms with van der Waals surface area (Å²) in [6, 6.07) is 4.17. The standard InChI is InChI=1S/C26H23Cl2F3N8O2/c1-37-22-20(27)18(41-19-11-34-39-8-6-32-23(28)21(19)39)10-33-24(22)36-25(37)35-15-4-3-14(17(9-15)26(29,30)31)12-38-7-5-16(13-38)40-2/h3-4,6,8-11,16H,5,7,12-13H2,1-2H3,(H,33,35,36)/t16-/m0/s1. The predicted molar refractivity (Wildman–Crippen MR) is 147 cm³/mol. The molecule has 0 spiro atoms. The highest BCUT2D eigenvalue weighted by Crippen LogP contribution is 2.39. The van der Waals surface area contributed by atoms with Crippen LogP contribution in [0.25, 0.3) is 16.7 Å². The van der Waals surface area contributed by atoms with Gasteiger partial charge in [-0.25, -0.2) is 14.5 Å². The summed E-state index contributed by atoms with van der Waals surface area (Å²) in [6.45, 7) is 1.45. The molecule has 0 amide bonds. The van der Waals surface area contributed by atoms with Gasteiger partial charge < -0.3 is 19.4 Å². The summed E-state index contributed by atoms with van der Waals surface area (Å²) in [5, 5.41) is 7.56.